The highest BCUT2D eigenvalue weighted by molar-refractivity contribution is 6.21. The molecule has 9 unspecified atom stereocenters. The van der Waals surface area contributed by atoms with Crippen molar-refractivity contribution in [3.63, 3.8) is 0 Å². The summed E-state index contributed by atoms with van der Waals surface area (Å²) in [5.41, 5.74) is 0.147. The number of nitrogens with one attached hydrogen (secondary N) is 1. The second-order valence-corrected chi connectivity index (χ2v) is 13.3. The van der Waals surface area contributed by atoms with Gasteiger partial charge in [0, 0.05) is 63.2 Å². The minimum absolute atomic E-state index is 0.00756. The van der Waals surface area contributed by atoms with E-state index < -0.39 is 24.2 Å². The molecule has 0 radical (unpaired) electrons. The van der Waals surface area contributed by atoms with Crippen molar-refractivity contribution in [3.8, 4) is 0 Å². The Hall–Kier alpha value is -1.75. The van der Waals surface area contributed by atoms with Crippen LogP contribution in [0.3, 0.4) is 0 Å². The summed E-state index contributed by atoms with van der Waals surface area (Å²) < 4.78 is 22.9. The van der Waals surface area contributed by atoms with E-state index in [2.05, 4.69) is 27.1 Å². The maximum atomic E-state index is 16.1. The third-order valence-corrected chi connectivity index (χ3v) is 10.8. The highest BCUT2D eigenvalue weighted by atomic mass is 35.5. The first kappa shape index (κ1) is 28.4. The number of alkyl halides is 2. The van der Waals surface area contributed by atoms with Gasteiger partial charge in [-0.3, -0.25) is 19.3 Å². The average molecular weight is 580 g/mol. The van der Waals surface area contributed by atoms with Crippen LogP contribution in [0.5, 0.6) is 0 Å². The van der Waals surface area contributed by atoms with E-state index >= 15 is 4.39 Å². The number of likely N-dealkylation sites (tertiary alicyclic amines) is 1. The van der Waals surface area contributed by atoms with Gasteiger partial charge in [-0.25, -0.2) is 4.39 Å². The van der Waals surface area contributed by atoms with Crippen molar-refractivity contribution in [1.29, 1.82) is 0 Å². The van der Waals surface area contributed by atoms with Crippen LogP contribution >= 0.6 is 11.6 Å². The molecule has 6 rings (SSSR count). The van der Waals surface area contributed by atoms with Crippen LogP contribution in [0.15, 0.2) is 11.8 Å². The quantitative estimate of drug-likeness (QED) is 0.391. The van der Waals surface area contributed by atoms with Gasteiger partial charge in [0.15, 0.2) is 5.78 Å². The molecule has 1 N–H and O–H groups in total. The van der Waals surface area contributed by atoms with Crippen LogP contribution in [-0.2, 0) is 19.1 Å². The molecule has 6 aliphatic rings. The smallest absolute Gasteiger partial charge is 0.256 e. The van der Waals surface area contributed by atoms with Crippen LogP contribution in [0.4, 0.5) is 4.39 Å². The number of fused-ring (bicyclic) bond motifs is 2. The highest BCUT2D eigenvalue weighted by Crippen LogP contribution is 2.47. The molecule has 2 aliphatic carbocycles. The number of amides is 2. The van der Waals surface area contributed by atoms with Crippen LogP contribution in [0, 0.1) is 5.92 Å². The summed E-state index contributed by atoms with van der Waals surface area (Å²) in [7, 11) is 2.11. The monoisotopic (exact) mass is 579 g/mol. The van der Waals surface area contributed by atoms with Crippen molar-refractivity contribution >= 4 is 29.2 Å². The van der Waals surface area contributed by atoms with Gasteiger partial charge in [-0.05, 0) is 58.5 Å². The molecule has 5 fully saturated rings. The molecule has 40 heavy (non-hydrogen) atoms. The van der Waals surface area contributed by atoms with E-state index in [1.807, 2.05) is 0 Å². The molecule has 9 atom stereocenters. The third kappa shape index (κ3) is 5.18. The molecule has 2 amide bonds. The maximum Gasteiger partial charge on any atom is 0.256 e. The number of carbonyl (C=O) groups excluding carboxylic acids is 3. The fourth-order valence-corrected chi connectivity index (χ4v) is 8.56. The van der Waals surface area contributed by atoms with E-state index in [9.17, 15) is 14.4 Å². The zero-order valence-corrected chi connectivity index (χ0v) is 24.4. The van der Waals surface area contributed by atoms with E-state index in [-0.39, 0.29) is 53.2 Å². The summed E-state index contributed by atoms with van der Waals surface area (Å²) in [4.78, 5) is 47.5. The second kappa shape index (κ2) is 11.5. The van der Waals surface area contributed by atoms with Crippen molar-refractivity contribution in [2.75, 3.05) is 46.3 Å². The van der Waals surface area contributed by atoms with Crippen LogP contribution < -0.4 is 5.32 Å². The molecule has 2 saturated carbocycles. The molecule has 3 saturated heterocycles. The maximum absolute atomic E-state index is 16.1. The van der Waals surface area contributed by atoms with E-state index in [0.29, 0.717) is 45.2 Å². The van der Waals surface area contributed by atoms with Gasteiger partial charge in [-0.2, -0.15) is 0 Å². The normalized spacial score (nSPS) is 40.4. The van der Waals surface area contributed by atoms with Crippen molar-refractivity contribution in [2.24, 2.45) is 5.92 Å². The van der Waals surface area contributed by atoms with Crippen LogP contribution in [0.25, 0.3) is 0 Å². The predicted molar refractivity (Wildman–Crippen MR) is 149 cm³/mol. The zero-order valence-electron chi connectivity index (χ0n) is 23.6. The van der Waals surface area contributed by atoms with Gasteiger partial charge >= 0.3 is 0 Å². The summed E-state index contributed by atoms with van der Waals surface area (Å²) in [6.07, 6.45) is 5.33. The number of hydrogen-bond acceptors (Lipinski definition) is 7. The topological polar surface area (TPSA) is 85.4 Å². The number of morpholine rings is 1. The number of hydrogen-bond donors (Lipinski definition) is 1. The van der Waals surface area contributed by atoms with E-state index in [1.54, 1.807) is 18.0 Å². The Labute approximate surface area is 241 Å². The lowest BCUT2D eigenvalue weighted by molar-refractivity contribution is -0.212. The molecule has 4 aliphatic heterocycles. The fraction of sp³-hybridized carbons (Fsp3) is 0.828. The molecule has 11 heteroatoms. The van der Waals surface area contributed by atoms with E-state index in [1.165, 1.54) is 6.42 Å². The van der Waals surface area contributed by atoms with Gasteiger partial charge in [0.25, 0.3) is 5.91 Å². The Bertz CT molecular complexity index is 1040. The number of piperazine rings is 1. The van der Waals surface area contributed by atoms with Gasteiger partial charge < -0.3 is 24.8 Å². The van der Waals surface area contributed by atoms with Crippen molar-refractivity contribution < 1.29 is 23.5 Å². The SMILES string of the molecule is CC(=O)N1CCN(C2C(F)CC3C(=O)C(C(=O)NCCC4CCCN4C)=CN4C5CCC(Cl)CC5OC2C34)CC1. The van der Waals surface area contributed by atoms with Crippen LogP contribution in [0.2, 0.25) is 0 Å². The lowest BCUT2D eigenvalue weighted by Gasteiger charge is -2.61. The van der Waals surface area contributed by atoms with Gasteiger partial charge in [-0.15, -0.1) is 11.6 Å². The first-order chi connectivity index (χ1) is 19.2. The predicted octanol–water partition coefficient (Wildman–Crippen LogP) is 1.54. The number of rotatable bonds is 5. The fourth-order valence-electron chi connectivity index (χ4n) is 8.26. The molecule has 4 heterocycles. The van der Waals surface area contributed by atoms with Crippen molar-refractivity contribution in [1.82, 2.24) is 24.9 Å². The lowest BCUT2D eigenvalue weighted by Crippen LogP contribution is -2.74. The molecular formula is C29H43ClFN5O4. The number of halogens is 2. The van der Waals surface area contributed by atoms with Gasteiger partial charge in [0.2, 0.25) is 5.91 Å². The number of ether oxygens (including phenoxy) is 1. The minimum atomic E-state index is -1.27. The van der Waals surface area contributed by atoms with Crippen LogP contribution in [0.1, 0.15) is 51.9 Å². The average Bonchev–Trinajstić information content (AvgIpc) is 3.34. The van der Waals surface area contributed by atoms with Gasteiger partial charge in [-0.1, -0.05) is 0 Å². The largest absolute Gasteiger partial charge is 0.369 e. The van der Waals surface area contributed by atoms with Crippen molar-refractivity contribution in [2.45, 2.75) is 99.8 Å². The second-order valence-electron chi connectivity index (χ2n) is 12.7. The summed E-state index contributed by atoms with van der Waals surface area (Å²) in [5, 5.41) is 2.98. The van der Waals surface area contributed by atoms with E-state index in [4.69, 9.17) is 16.3 Å². The summed E-state index contributed by atoms with van der Waals surface area (Å²) >= 11 is 6.57. The van der Waals surface area contributed by atoms with Crippen LogP contribution in [-0.4, -0.2) is 131 Å². The highest BCUT2D eigenvalue weighted by Gasteiger charge is 2.60. The van der Waals surface area contributed by atoms with Gasteiger partial charge in [0.05, 0.1) is 35.9 Å². The number of ketones is 1. The van der Waals surface area contributed by atoms with E-state index in [0.717, 1.165) is 32.2 Å². The molecule has 0 bridgehead atoms. The first-order valence-electron chi connectivity index (χ1n) is 15.2. The van der Waals surface area contributed by atoms with Crippen molar-refractivity contribution in [3.05, 3.63) is 11.8 Å². The van der Waals surface area contributed by atoms with Gasteiger partial charge in [0.1, 0.15) is 6.17 Å². The molecule has 0 aromatic carbocycles. The number of nitrogens with zero attached hydrogens (tertiary/aromatic N) is 4. The standard InChI is InChI=1S/C29H43ClFN5O4/c1-17(37)34-10-12-35(13-11-34)26-22(31)15-20-25-28(26)40-24-14-18(30)5-6-23(24)36(25)16-21(27(20)38)29(39)32-8-7-19-4-3-9-33(19)2/h16,18-20,22-26,28H,3-15H2,1-2H3,(H,32,39). The molecular weight excluding hydrogens is 537 g/mol. The summed E-state index contributed by atoms with van der Waals surface area (Å²) in [6.45, 7) is 5.40. The Balaban J connectivity index is 1.24. The Morgan fingerprint density at radius 1 is 1.10 bits per heavy atom. The summed E-state index contributed by atoms with van der Waals surface area (Å²) in [6, 6.07) is -0.359. The number of Topliss-reactive ketones (excluding diaryl/α,β-unsaturated/α-hetero) is 1. The zero-order chi connectivity index (χ0) is 28.1. The third-order valence-electron chi connectivity index (χ3n) is 10.4. The lowest BCUT2D eigenvalue weighted by atomic mass is 9.69. The molecule has 9 nitrogen and oxygen atoms in total. The summed E-state index contributed by atoms with van der Waals surface area (Å²) in [5.74, 6) is -1.22. The minimum Gasteiger partial charge on any atom is -0.369 e. The molecule has 0 spiro atoms. The molecule has 0 aromatic rings. The Morgan fingerprint density at radius 3 is 2.58 bits per heavy atom. The molecule has 222 valence electrons. The molecule has 0 aromatic heterocycles. The Morgan fingerprint density at radius 2 is 1.88 bits per heavy atom. The first-order valence-corrected chi connectivity index (χ1v) is 15.6. The Kier molecular flexibility index (Phi) is 8.16. The number of carbonyl (C=O) groups is 3.